The van der Waals surface area contributed by atoms with Crippen LogP contribution in [0.2, 0.25) is 0 Å². The van der Waals surface area contributed by atoms with Crippen LogP contribution in [0, 0.1) is 13.8 Å². The van der Waals surface area contributed by atoms with E-state index in [1.54, 1.807) is 18.2 Å². The number of hydrogen-bond acceptors (Lipinski definition) is 6. The van der Waals surface area contributed by atoms with Crippen molar-refractivity contribution in [2.24, 2.45) is 0 Å². The standard InChI is InChI=1S/C25H30N2O5/c1-6-31-20-11-10-19(15-21(20)32-7-2)26-23-22(18-9-8-16(3)17(4)14-18)24(28)27(25(23)29)12-13-30-5/h8-11,14-15,26H,6-7,12-13H2,1-5H3. The molecule has 1 heterocycles. The van der Waals surface area contributed by atoms with Crippen LogP contribution in [0.15, 0.2) is 42.1 Å². The van der Waals surface area contributed by atoms with Gasteiger partial charge in [-0.25, -0.2) is 0 Å². The van der Waals surface area contributed by atoms with Crippen LogP contribution in [0.3, 0.4) is 0 Å². The lowest BCUT2D eigenvalue weighted by atomic mass is 9.99. The number of nitrogens with zero attached hydrogens (tertiary/aromatic N) is 1. The fraction of sp³-hybridized carbons (Fsp3) is 0.360. The number of aryl methyl sites for hydroxylation is 2. The summed E-state index contributed by atoms with van der Waals surface area (Å²) in [6, 6.07) is 11.1. The first kappa shape index (κ1) is 23.3. The first-order valence-electron chi connectivity index (χ1n) is 10.7. The number of carbonyl (C=O) groups is 2. The number of anilines is 1. The summed E-state index contributed by atoms with van der Waals surface area (Å²) in [5.41, 5.74) is 4.07. The van der Waals surface area contributed by atoms with Crippen LogP contribution in [-0.2, 0) is 14.3 Å². The third kappa shape index (κ3) is 4.78. The normalized spacial score (nSPS) is 13.7. The molecule has 7 heteroatoms. The summed E-state index contributed by atoms with van der Waals surface area (Å²) in [5, 5.41) is 3.17. The molecule has 170 valence electrons. The lowest BCUT2D eigenvalue weighted by Gasteiger charge is -2.15. The number of amides is 2. The monoisotopic (exact) mass is 438 g/mol. The van der Waals surface area contributed by atoms with Gasteiger partial charge in [0.2, 0.25) is 0 Å². The summed E-state index contributed by atoms with van der Waals surface area (Å²) >= 11 is 0. The quantitative estimate of drug-likeness (QED) is 0.566. The second-order valence-corrected chi connectivity index (χ2v) is 7.46. The highest BCUT2D eigenvalue weighted by Crippen LogP contribution is 2.35. The molecule has 3 rings (SSSR count). The highest BCUT2D eigenvalue weighted by molar-refractivity contribution is 6.36. The molecule has 1 aliphatic rings. The van der Waals surface area contributed by atoms with Gasteiger partial charge in [0.15, 0.2) is 11.5 Å². The SMILES string of the molecule is CCOc1ccc(NC2=C(c3ccc(C)c(C)c3)C(=O)N(CCOC)C2=O)cc1OCC. The topological polar surface area (TPSA) is 77.1 Å². The molecule has 7 nitrogen and oxygen atoms in total. The van der Waals surface area contributed by atoms with Crippen LogP contribution >= 0.6 is 0 Å². The van der Waals surface area contributed by atoms with Gasteiger partial charge in [-0.1, -0.05) is 18.2 Å². The Bertz CT molecular complexity index is 1040. The van der Waals surface area contributed by atoms with Crippen molar-refractivity contribution < 1.29 is 23.8 Å². The van der Waals surface area contributed by atoms with Gasteiger partial charge in [-0.15, -0.1) is 0 Å². The Morgan fingerprint density at radius 1 is 0.875 bits per heavy atom. The summed E-state index contributed by atoms with van der Waals surface area (Å²) in [7, 11) is 1.54. The molecule has 1 N–H and O–H groups in total. The van der Waals surface area contributed by atoms with E-state index in [-0.39, 0.29) is 30.7 Å². The fourth-order valence-electron chi connectivity index (χ4n) is 3.52. The minimum absolute atomic E-state index is 0.182. The molecule has 0 saturated carbocycles. The Morgan fingerprint density at radius 3 is 2.25 bits per heavy atom. The molecule has 32 heavy (non-hydrogen) atoms. The van der Waals surface area contributed by atoms with Gasteiger partial charge in [0.25, 0.3) is 11.8 Å². The van der Waals surface area contributed by atoms with Crippen molar-refractivity contribution >= 4 is 23.1 Å². The van der Waals surface area contributed by atoms with Gasteiger partial charge in [0.05, 0.1) is 31.9 Å². The van der Waals surface area contributed by atoms with Crippen LogP contribution in [0.25, 0.3) is 5.57 Å². The van der Waals surface area contributed by atoms with Crippen molar-refractivity contribution in [1.29, 1.82) is 0 Å². The van der Waals surface area contributed by atoms with Crippen molar-refractivity contribution in [3.8, 4) is 11.5 Å². The zero-order chi connectivity index (χ0) is 23.3. The zero-order valence-corrected chi connectivity index (χ0v) is 19.3. The Labute approximate surface area is 189 Å². The van der Waals surface area contributed by atoms with E-state index in [0.29, 0.717) is 41.5 Å². The molecule has 0 bridgehead atoms. The van der Waals surface area contributed by atoms with Gasteiger partial charge >= 0.3 is 0 Å². The average molecular weight is 439 g/mol. The molecule has 2 aromatic rings. The summed E-state index contributed by atoms with van der Waals surface area (Å²) in [6.45, 7) is 9.22. The minimum Gasteiger partial charge on any atom is -0.490 e. The Kier molecular flexibility index (Phi) is 7.53. The highest BCUT2D eigenvalue weighted by atomic mass is 16.5. The second kappa shape index (κ2) is 10.3. The zero-order valence-electron chi connectivity index (χ0n) is 19.3. The maximum atomic E-state index is 13.2. The van der Waals surface area contributed by atoms with E-state index in [2.05, 4.69) is 5.32 Å². The van der Waals surface area contributed by atoms with Gasteiger partial charge < -0.3 is 19.5 Å². The van der Waals surface area contributed by atoms with Crippen LogP contribution in [-0.4, -0.2) is 50.2 Å². The van der Waals surface area contributed by atoms with Crippen LogP contribution < -0.4 is 14.8 Å². The summed E-state index contributed by atoms with van der Waals surface area (Å²) in [4.78, 5) is 27.7. The van der Waals surface area contributed by atoms with Gasteiger partial charge in [-0.2, -0.15) is 0 Å². The summed E-state index contributed by atoms with van der Waals surface area (Å²) in [6.07, 6.45) is 0. The molecule has 0 saturated heterocycles. The number of methoxy groups -OCH3 is 1. The van der Waals surface area contributed by atoms with Crippen LogP contribution in [0.5, 0.6) is 11.5 Å². The Morgan fingerprint density at radius 2 is 1.59 bits per heavy atom. The second-order valence-electron chi connectivity index (χ2n) is 7.46. The summed E-state index contributed by atoms with van der Waals surface area (Å²) < 4.78 is 16.4. The maximum Gasteiger partial charge on any atom is 0.278 e. The van der Waals surface area contributed by atoms with Gasteiger partial charge in [0.1, 0.15) is 5.70 Å². The maximum absolute atomic E-state index is 13.2. The van der Waals surface area contributed by atoms with Gasteiger partial charge in [-0.3, -0.25) is 14.5 Å². The van der Waals surface area contributed by atoms with E-state index in [1.165, 1.54) is 12.0 Å². The molecule has 0 fully saturated rings. The number of imide groups is 1. The van der Waals surface area contributed by atoms with E-state index >= 15 is 0 Å². The number of benzene rings is 2. The molecule has 0 unspecified atom stereocenters. The minimum atomic E-state index is -0.382. The molecule has 0 spiro atoms. The van der Waals surface area contributed by atoms with Crippen molar-refractivity contribution in [3.63, 3.8) is 0 Å². The summed E-state index contributed by atoms with van der Waals surface area (Å²) in [5.74, 6) is 0.473. The molecule has 2 aromatic carbocycles. The van der Waals surface area contributed by atoms with Crippen LogP contribution in [0.4, 0.5) is 5.69 Å². The third-order valence-corrected chi connectivity index (χ3v) is 5.30. The highest BCUT2D eigenvalue weighted by Gasteiger charge is 2.39. The van der Waals surface area contributed by atoms with E-state index in [4.69, 9.17) is 14.2 Å². The first-order chi connectivity index (χ1) is 15.4. The molecule has 0 aromatic heterocycles. The van der Waals surface area contributed by atoms with Gasteiger partial charge in [0, 0.05) is 18.9 Å². The van der Waals surface area contributed by atoms with Crippen LogP contribution in [0.1, 0.15) is 30.5 Å². The predicted molar refractivity (Wildman–Crippen MR) is 124 cm³/mol. The van der Waals surface area contributed by atoms with Crippen molar-refractivity contribution in [2.45, 2.75) is 27.7 Å². The average Bonchev–Trinajstić information content (AvgIpc) is 3.00. The van der Waals surface area contributed by atoms with Crippen molar-refractivity contribution in [2.75, 3.05) is 38.8 Å². The number of carbonyl (C=O) groups excluding carboxylic acids is 2. The molecule has 0 aliphatic carbocycles. The number of rotatable bonds is 10. The lowest BCUT2D eigenvalue weighted by molar-refractivity contribution is -0.137. The van der Waals surface area contributed by atoms with Crippen molar-refractivity contribution in [1.82, 2.24) is 4.90 Å². The van der Waals surface area contributed by atoms with Crippen molar-refractivity contribution in [3.05, 3.63) is 58.8 Å². The van der Waals surface area contributed by atoms with E-state index < -0.39 is 0 Å². The molecule has 1 aliphatic heterocycles. The fourth-order valence-corrected chi connectivity index (χ4v) is 3.52. The van der Waals surface area contributed by atoms with E-state index in [9.17, 15) is 9.59 Å². The molecule has 2 amide bonds. The first-order valence-corrected chi connectivity index (χ1v) is 10.7. The molecular weight excluding hydrogens is 408 g/mol. The van der Waals surface area contributed by atoms with E-state index in [0.717, 1.165) is 11.1 Å². The predicted octanol–water partition coefficient (Wildman–Crippen LogP) is 3.94. The molecule has 0 radical (unpaired) electrons. The number of nitrogens with one attached hydrogen (secondary N) is 1. The lowest BCUT2D eigenvalue weighted by Crippen LogP contribution is -2.35. The largest absolute Gasteiger partial charge is 0.490 e. The van der Waals surface area contributed by atoms with Gasteiger partial charge in [-0.05, 0) is 56.5 Å². The smallest absolute Gasteiger partial charge is 0.278 e. The Hall–Kier alpha value is -3.32. The Balaban J connectivity index is 2.05. The van der Waals surface area contributed by atoms with E-state index in [1.807, 2.05) is 45.9 Å². The molecular formula is C25H30N2O5. The number of hydrogen-bond donors (Lipinski definition) is 1. The third-order valence-electron chi connectivity index (χ3n) is 5.30. The molecule has 0 atom stereocenters. The number of ether oxygens (including phenoxy) is 3.